The molecule has 2 aromatic carbocycles. The van der Waals surface area contributed by atoms with Crippen molar-refractivity contribution in [3.8, 4) is 0 Å². The summed E-state index contributed by atoms with van der Waals surface area (Å²) in [6.07, 6.45) is 3.09. The minimum Gasteiger partial charge on any atom is -0.299 e. The van der Waals surface area contributed by atoms with E-state index in [0.717, 1.165) is 32.4 Å². The Kier molecular flexibility index (Phi) is 5.15. The number of carbonyl (C=O) groups is 1. The van der Waals surface area contributed by atoms with Gasteiger partial charge in [-0.05, 0) is 37.3 Å². The van der Waals surface area contributed by atoms with E-state index in [1.54, 1.807) is 6.92 Å². The van der Waals surface area contributed by atoms with Crippen molar-refractivity contribution in [1.29, 1.82) is 0 Å². The predicted molar refractivity (Wildman–Crippen MR) is 98.6 cm³/mol. The Bertz CT molecular complexity index is 625. The van der Waals surface area contributed by atoms with Crippen LogP contribution < -0.4 is 0 Å². The Labute approximate surface area is 145 Å². The van der Waals surface area contributed by atoms with E-state index in [1.165, 1.54) is 11.1 Å². The molecule has 0 spiro atoms. The van der Waals surface area contributed by atoms with Gasteiger partial charge in [-0.2, -0.15) is 0 Å². The molecule has 0 aliphatic heterocycles. The van der Waals surface area contributed by atoms with Gasteiger partial charge in [-0.15, -0.1) is 0 Å². The molecule has 1 aliphatic carbocycles. The molecule has 2 aromatic rings. The van der Waals surface area contributed by atoms with Gasteiger partial charge in [0.1, 0.15) is 5.78 Å². The molecule has 0 bridgehead atoms. The van der Waals surface area contributed by atoms with Gasteiger partial charge in [0.2, 0.25) is 0 Å². The summed E-state index contributed by atoms with van der Waals surface area (Å²) in [5, 5.41) is 0. The standard InChI is InChI=1S/C22H27NO/c1-18(24)22(2)14-13-21(15-22)23(16-19-9-5-3-6-10-19)17-20-11-7-4-8-12-20/h3-12,21H,13-17H2,1-2H3. The Balaban J connectivity index is 1.78. The summed E-state index contributed by atoms with van der Waals surface area (Å²) >= 11 is 0. The van der Waals surface area contributed by atoms with E-state index < -0.39 is 0 Å². The molecule has 24 heavy (non-hydrogen) atoms. The Morgan fingerprint density at radius 3 is 1.92 bits per heavy atom. The molecule has 1 fully saturated rings. The van der Waals surface area contributed by atoms with E-state index in [9.17, 15) is 4.79 Å². The monoisotopic (exact) mass is 321 g/mol. The Morgan fingerprint density at radius 2 is 1.50 bits per heavy atom. The number of nitrogens with zero attached hydrogens (tertiary/aromatic N) is 1. The minimum absolute atomic E-state index is 0.143. The summed E-state index contributed by atoms with van der Waals surface area (Å²) in [7, 11) is 0. The van der Waals surface area contributed by atoms with E-state index in [2.05, 4.69) is 72.5 Å². The van der Waals surface area contributed by atoms with Gasteiger partial charge in [0.05, 0.1) is 0 Å². The zero-order chi connectivity index (χ0) is 17.0. The van der Waals surface area contributed by atoms with E-state index in [1.807, 2.05) is 0 Å². The second kappa shape index (κ2) is 7.31. The molecule has 2 atom stereocenters. The molecule has 0 heterocycles. The fraction of sp³-hybridized carbons (Fsp3) is 0.409. The molecule has 2 unspecified atom stereocenters. The SMILES string of the molecule is CC(=O)C1(C)CCC(N(Cc2ccccc2)Cc2ccccc2)C1. The van der Waals surface area contributed by atoms with Gasteiger partial charge >= 0.3 is 0 Å². The van der Waals surface area contributed by atoms with Gasteiger partial charge < -0.3 is 0 Å². The topological polar surface area (TPSA) is 20.3 Å². The highest BCUT2D eigenvalue weighted by Gasteiger charge is 2.40. The maximum atomic E-state index is 12.0. The maximum Gasteiger partial charge on any atom is 0.135 e. The van der Waals surface area contributed by atoms with Crippen LogP contribution in [-0.4, -0.2) is 16.7 Å². The van der Waals surface area contributed by atoms with E-state index in [-0.39, 0.29) is 5.41 Å². The zero-order valence-electron chi connectivity index (χ0n) is 14.7. The highest BCUT2D eigenvalue weighted by atomic mass is 16.1. The zero-order valence-corrected chi connectivity index (χ0v) is 14.7. The lowest BCUT2D eigenvalue weighted by Crippen LogP contribution is -2.34. The lowest BCUT2D eigenvalue weighted by atomic mass is 9.84. The highest BCUT2D eigenvalue weighted by molar-refractivity contribution is 5.82. The van der Waals surface area contributed by atoms with E-state index in [0.29, 0.717) is 11.8 Å². The van der Waals surface area contributed by atoms with Crippen LogP contribution in [0, 0.1) is 5.41 Å². The number of rotatable bonds is 6. The fourth-order valence-electron chi connectivity index (χ4n) is 3.79. The first-order valence-corrected chi connectivity index (χ1v) is 8.90. The van der Waals surface area contributed by atoms with Gasteiger partial charge in [0.25, 0.3) is 0 Å². The molecule has 126 valence electrons. The largest absolute Gasteiger partial charge is 0.299 e. The molecular formula is C22H27NO. The number of Topliss-reactive ketones (excluding diaryl/α,β-unsaturated/α-hetero) is 1. The maximum absolute atomic E-state index is 12.0. The highest BCUT2D eigenvalue weighted by Crippen LogP contribution is 2.41. The van der Waals surface area contributed by atoms with Crippen molar-refractivity contribution in [3.05, 3.63) is 71.8 Å². The summed E-state index contributed by atoms with van der Waals surface area (Å²) in [5.41, 5.74) is 2.53. The third kappa shape index (κ3) is 3.93. The van der Waals surface area contributed by atoms with Crippen LogP contribution in [0.5, 0.6) is 0 Å². The van der Waals surface area contributed by atoms with Crippen LogP contribution in [0.15, 0.2) is 60.7 Å². The molecule has 0 N–H and O–H groups in total. The third-order valence-corrected chi connectivity index (χ3v) is 5.54. The molecule has 0 saturated heterocycles. The molecule has 3 rings (SSSR count). The van der Waals surface area contributed by atoms with Crippen LogP contribution in [-0.2, 0) is 17.9 Å². The van der Waals surface area contributed by atoms with Gasteiger partial charge in [-0.25, -0.2) is 0 Å². The quantitative estimate of drug-likeness (QED) is 0.759. The average Bonchev–Trinajstić information content (AvgIpc) is 3.00. The second-order valence-electron chi connectivity index (χ2n) is 7.39. The fourth-order valence-corrected chi connectivity index (χ4v) is 3.79. The summed E-state index contributed by atoms with van der Waals surface area (Å²) in [6, 6.07) is 21.8. The molecule has 0 aromatic heterocycles. The van der Waals surface area contributed by atoms with Gasteiger partial charge in [-0.1, -0.05) is 67.6 Å². The number of ketones is 1. The number of hydrogen-bond acceptors (Lipinski definition) is 2. The lowest BCUT2D eigenvalue weighted by molar-refractivity contribution is -0.125. The second-order valence-corrected chi connectivity index (χ2v) is 7.39. The van der Waals surface area contributed by atoms with E-state index in [4.69, 9.17) is 0 Å². The Morgan fingerprint density at radius 1 is 1.00 bits per heavy atom. The van der Waals surface area contributed by atoms with Crippen molar-refractivity contribution in [2.45, 2.75) is 52.2 Å². The molecule has 0 amide bonds. The van der Waals surface area contributed by atoms with Crippen molar-refractivity contribution in [3.63, 3.8) is 0 Å². The van der Waals surface area contributed by atoms with E-state index >= 15 is 0 Å². The van der Waals surface area contributed by atoms with Crippen LogP contribution >= 0.6 is 0 Å². The van der Waals surface area contributed by atoms with Crippen molar-refractivity contribution in [2.24, 2.45) is 5.41 Å². The van der Waals surface area contributed by atoms with Crippen molar-refractivity contribution >= 4 is 5.78 Å². The van der Waals surface area contributed by atoms with Gasteiger partial charge in [0, 0.05) is 24.5 Å². The van der Waals surface area contributed by atoms with Crippen LogP contribution in [0.2, 0.25) is 0 Å². The lowest BCUT2D eigenvalue weighted by Gasteiger charge is -2.30. The molecule has 2 heteroatoms. The summed E-state index contributed by atoms with van der Waals surface area (Å²) in [6.45, 7) is 5.77. The van der Waals surface area contributed by atoms with Crippen molar-refractivity contribution in [1.82, 2.24) is 4.90 Å². The summed E-state index contributed by atoms with van der Waals surface area (Å²) in [5.74, 6) is 0.337. The molecular weight excluding hydrogens is 294 g/mol. The first kappa shape index (κ1) is 16.9. The normalized spacial score (nSPS) is 23.5. The summed E-state index contributed by atoms with van der Waals surface area (Å²) < 4.78 is 0. The minimum atomic E-state index is -0.143. The van der Waals surface area contributed by atoms with Crippen molar-refractivity contribution in [2.75, 3.05) is 0 Å². The Hall–Kier alpha value is -1.93. The first-order chi connectivity index (χ1) is 11.6. The molecule has 0 radical (unpaired) electrons. The smallest absolute Gasteiger partial charge is 0.135 e. The predicted octanol–water partition coefficient (Wildman–Crippen LogP) is 4.84. The average molecular weight is 321 g/mol. The van der Waals surface area contributed by atoms with Crippen LogP contribution in [0.25, 0.3) is 0 Å². The van der Waals surface area contributed by atoms with Crippen molar-refractivity contribution < 1.29 is 4.79 Å². The van der Waals surface area contributed by atoms with Crippen LogP contribution in [0.3, 0.4) is 0 Å². The summed E-state index contributed by atoms with van der Waals surface area (Å²) in [4.78, 5) is 14.6. The van der Waals surface area contributed by atoms with Gasteiger partial charge in [-0.3, -0.25) is 9.69 Å². The van der Waals surface area contributed by atoms with Gasteiger partial charge in [0.15, 0.2) is 0 Å². The molecule has 1 aliphatic rings. The molecule has 1 saturated carbocycles. The number of hydrogen-bond donors (Lipinski definition) is 0. The first-order valence-electron chi connectivity index (χ1n) is 8.90. The van der Waals surface area contributed by atoms with Crippen LogP contribution in [0.4, 0.5) is 0 Å². The number of carbonyl (C=O) groups excluding carboxylic acids is 1. The molecule has 2 nitrogen and oxygen atoms in total. The number of benzene rings is 2. The third-order valence-electron chi connectivity index (χ3n) is 5.54. The van der Waals surface area contributed by atoms with Crippen LogP contribution in [0.1, 0.15) is 44.2 Å².